The van der Waals surface area contributed by atoms with Gasteiger partial charge in [0, 0.05) is 0 Å². The Kier molecular flexibility index (Phi) is 6.60. The molecule has 0 unspecified atom stereocenters. The van der Waals surface area contributed by atoms with Crippen LogP contribution in [0.2, 0.25) is 0 Å². The van der Waals surface area contributed by atoms with E-state index in [2.05, 4.69) is 194 Å². The Hall–Kier alpha value is -6.50. The van der Waals surface area contributed by atoms with Crippen LogP contribution < -0.4 is 0 Å². The summed E-state index contributed by atoms with van der Waals surface area (Å²) >= 11 is 0. The van der Waals surface area contributed by atoms with Crippen LogP contribution in [0.25, 0.3) is 98.4 Å². The topological polar surface area (TPSA) is 0 Å². The van der Waals surface area contributed by atoms with E-state index in [0.29, 0.717) is 0 Å². The number of rotatable bonds is 4. The average Bonchev–Trinajstić information content (AvgIpc) is 3.20. The van der Waals surface area contributed by atoms with Gasteiger partial charge in [-0.2, -0.15) is 0 Å². The molecule has 0 N–H and O–H groups in total. The second kappa shape index (κ2) is 11.6. The molecule has 0 heteroatoms. The van der Waals surface area contributed by atoms with Crippen molar-refractivity contribution in [3.63, 3.8) is 0 Å². The Morgan fingerprint density at radius 3 is 0.900 bits per heavy atom. The van der Waals surface area contributed by atoms with Gasteiger partial charge in [0.05, 0.1) is 0 Å². The molecule has 50 heavy (non-hydrogen) atoms. The number of benzene rings is 10. The number of hydrogen-bond donors (Lipinski definition) is 0. The van der Waals surface area contributed by atoms with E-state index in [1.165, 1.54) is 98.4 Å². The average molecular weight is 633 g/mol. The Morgan fingerprint density at radius 2 is 0.500 bits per heavy atom. The van der Waals surface area contributed by atoms with Gasteiger partial charge in [-0.3, -0.25) is 0 Å². The second-order valence-corrected chi connectivity index (χ2v) is 13.3. The molecule has 0 saturated carbocycles. The number of fused-ring (bicyclic) bond motifs is 7. The summed E-state index contributed by atoms with van der Waals surface area (Å²) in [4.78, 5) is 0. The van der Waals surface area contributed by atoms with E-state index >= 15 is 0 Å². The molecule has 0 atom stereocenters. The zero-order valence-electron chi connectivity index (χ0n) is 27.5. The normalized spacial score (nSPS) is 11.6. The van der Waals surface area contributed by atoms with E-state index in [4.69, 9.17) is 0 Å². The lowest BCUT2D eigenvalue weighted by atomic mass is 9.87. The zero-order chi connectivity index (χ0) is 33.0. The van der Waals surface area contributed by atoms with Crippen LogP contribution in [0, 0.1) is 0 Å². The molecular weight excluding hydrogens is 601 g/mol. The monoisotopic (exact) mass is 632 g/mol. The van der Waals surface area contributed by atoms with E-state index < -0.39 is 0 Å². The predicted octanol–water partition coefficient (Wildman–Crippen LogP) is 14.1. The van der Waals surface area contributed by atoms with Crippen LogP contribution in [0.15, 0.2) is 194 Å². The fourth-order valence-electron chi connectivity index (χ4n) is 7.88. The fraction of sp³-hybridized carbons (Fsp3) is 0. The van der Waals surface area contributed by atoms with Gasteiger partial charge in [-0.25, -0.2) is 0 Å². The van der Waals surface area contributed by atoms with Crippen molar-refractivity contribution in [2.24, 2.45) is 0 Å². The molecule has 0 spiro atoms. The molecule has 232 valence electrons. The number of hydrogen-bond acceptors (Lipinski definition) is 0. The molecule has 10 aromatic rings. The maximum Gasteiger partial charge on any atom is -0.00923 e. The van der Waals surface area contributed by atoms with Crippen LogP contribution in [0.4, 0.5) is 0 Å². The third-order valence-corrected chi connectivity index (χ3v) is 10.4. The van der Waals surface area contributed by atoms with Gasteiger partial charge in [0.15, 0.2) is 0 Å². The molecular formula is C50H32. The molecule has 10 aromatic carbocycles. The molecule has 0 aliphatic rings. The molecule has 0 bridgehead atoms. The van der Waals surface area contributed by atoms with Crippen molar-refractivity contribution < 1.29 is 0 Å². The molecule has 10 rings (SSSR count). The largest absolute Gasteiger partial charge is 0.0622 e. The first-order valence-corrected chi connectivity index (χ1v) is 17.3. The van der Waals surface area contributed by atoms with Gasteiger partial charge < -0.3 is 0 Å². The van der Waals surface area contributed by atoms with Gasteiger partial charge in [0.1, 0.15) is 0 Å². The van der Waals surface area contributed by atoms with Crippen LogP contribution >= 0.6 is 0 Å². The lowest BCUT2D eigenvalue weighted by molar-refractivity contribution is 1.64. The summed E-state index contributed by atoms with van der Waals surface area (Å²) in [7, 11) is 0. The van der Waals surface area contributed by atoms with Crippen molar-refractivity contribution in [2.75, 3.05) is 0 Å². The highest BCUT2D eigenvalue weighted by Crippen LogP contribution is 2.43. The van der Waals surface area contributed by atoms with Crippen LogP contribution in [0.5, 0.6) is 0 Å². The fourth-order valence-corrected chi connectivity index (χ4v) is 7.88. The maximum atomic E-state index is 2.43. The van der Waals surface area contributed by atoms with Crippen molar-refractivity contribution >= 4 is 53.9 Å². The van der Waals surface area contributed by atoms with Crippen LogP contribution in [-0.4, -0.2) is 0 Å². The highest BCUT2D eigenvalue weighted by Gasteiger charge is 2.15. The van der Waals surface area contributed by atoms with Crippen molar-refractivity contribution in [1.82, 2.24) is 0 Å². The zero-order valence-corrected chi connectivity index (χ0v) is 27.5. The molecule has 0 fully saturated rings. The molecule has 0 amide bonds. The molecule has 0 aromatic heterocycles. The first-order valence-electron chi connectivity index (χ1n) is 17.3. The van der Waals surface area contributed by atoms with E-state index in [1.54, 1.807) is 0 Å². The lowest BCUT2D eigenvalue weighted by Gasteiger charge is -2.17. The summed E-state index contributed by atoms with van der Waals surface area (Å²) in [6.45, 7) is 0. The summed E-state index contributed by atoms with van der Waals surface area (Å²) in [6.07, 6.45) is 0. The summed E-state index contributed by atoms with van der Waals surface area (Å²) in [5.41, 5.74) is 9.97. The van der Waals surface area contributed by atoms with Crippen LogP contribution in [0.1, 0.15) is 0 Å². The van der Waals surface area contributed by atoms with Gasteiger partial charge in [0.25, 0.3) is 0 Å². The molecule has 0 saturated heterocycles. The molecule has 0 nitrogen and oxygen atoms in total. The Labute approximate surface area is 291 Å². The van der Waals surface area contributed by atoms with Crippen molar-refractivity contribution in [3.05, 3.63) is 194 Å². The van der Waals surface area contributed by atoms with Crippen molar-refractivity contribution in [3.8, 4) is 44.5 Å². The Morgan fingerprint density at radius 1 is 0.180 bits per heavy atom. The molecule has 0 aliphatic heterocycles. The van der Waals surface area contributed by atoms with Crippen molar-refractivity contribution in [1.29, 1.82) is 0 Å². The van der Waals surface area contributed by atoms with E-state index in [9.17, 15) is 0 Å². The SMILES string of the molecule is c1ccc(-c2ccc3cc(-c4cc5c6ccccc6c(-c6ccc7cc(-c8ccccc8)ccc7c6)cc5c5ccccc45)ccc3c2)cc1. The van der Waals surface area contributed by atoms with Gasteiger partial charge in [-0.1, -0.05) is 158 Å². The highest BCUT2D eigenvalue weighted by molar-refractivity contribution is 6.24. The van der Waals surface area contributed by atoms with Crippen LogP contribution in [-0.2, 0) is 0 Å². The first kappa shape index (κ1) is 28.5. The molecule has 0 heterocycles. The highest BCUT2D eigenvalue weighted by atomic mass is 14.2. The van der Waals surface area contributed by atoms with E-state index in [1.807, 2.05) is 0 Å². The minimum absolute atomic E-state index is 1.24. The summed E-state index contributed by atoms with van der Waals surface area (Å²) < 4.78 is 0. The minimum atomic E-state index is 1.24. The Balaban J connectivity index is 1.14. The van der Waals surface area contributed by atoms with Gasteiger partial charge >= 0.3 is 0 Å². The molecule has 0 aliphatic carbocycles. The van der Waals surface area contributed by atoms with E-state index in [0.717, 1.165) is 0 Å². The third kappa shape index (κ3) is 4.77. The van der Waals surface area contributed by atoms with E-state index in [-0.39, 0.29) is 0 Å². The third-order valence-electron chi connectivity index (χ3n) is 10.4. The smallest absolute Gasteiger partial charge is 0.00923 e. The van der Waals surface area contributed by atoms with Gasteiger partial charge in [-0.15, -0.1) is 0 Å². The quantitative estimate of drug-likeness (QED) is 0.169. The Bertz CT molecular complexity index is 2700. The van der Waals surface area contributed by atoms with Crippen molar-refractivity contribution in [2.45, 2.75) is 0 Å². The van der Waals surface area contributed by atoms with Gasteiger partial charge in [-0.05, 0) is 135 Å². The first-order chi connectivity index (χ1) is 24.8. The van der Waals surface area contributed by atoms with Gasteiger partial charge in [0.2, 0.25) is 0 Å². The molecule has 0 radical (unpaired) electrons. The minimum Gasteiger partial charge on any atom is -0.0622 e. The summed E-state index contributed by atoms with van der Waals surface area (Å²) in [6, 6.07) is 71.4. The maximum absolute atomic E-state index is 2.43. The summed E-state index contributed by atoms with van der Waals surface area (Å²) in [5, 5.41) is 12.7. The predicted molar refractivity (Wildman–Crippen MR) is 216 cm³/mol. The lowest BCUT2D eigenvalue weighted by Crippen LogP contribution is -1.89. The second-order valence-electron chi connectivity index (χ2n) is 13.3. The summed E-state index contributed by atoms with van der Waals surface area (Å²) in [5.74, 6) is 0. The van der Waals surface area contributed by atoms with Crippen LogP contribution in [0.3, 0.4) is 0 Å². The standard InChI is InChI=1S/C50H32/c1-3-11-33(12-4-1)35-19-21-39-29-41(25-23-37(39)27-35)47-31-49-46-18-10-8-16-44(46)48(32-50(49)45-17-9-7-15-43(45)47)42-26-24-38-28-36(20-22-40(38)30-42)34-13-5-2-6-14-34/h1-32H.